The van der Waals surface area contributed by atoms with Crippen LogP contribution in [-0.4, -0.2) is 12.1 Å². The Kier molecular flexibility index (Phi) is 4.70. The summed E-state index contributed by atoms with van der Waals surface area (Å²) >= 11 is 0. The predicted octanol–water partition coefficient (Wildman–Crippen LogP) is 4.02. The standard InChI is InChI=1S/C15H24FN/c1-11(8-9-17-15(3,4)5)13-6-7-14(16)12(2)10-13/h6-7,10-11,17H,8-9H2,1-5H3. The van der Waals surface area contributed by atoms with Gasteiger partial charge in [0.25, 0.3) is 0 Å². The fourth-order valence-corrected chi connectivity index (χ4v) is 1.80. The van der Waals surface area contributed by atoms with Crippen LogP contribution in [0.15, 0.2) is 18.2 Å². The highest BCUT2D eigenvalue weighted by molar-refractivity contribution is 5.26. The van der Waals surface area contributed by atoms with E-state index in [4.69, 9.17) is 0 Å². The molecule has 1 nitrogen and oxygen atoms in total. The Morgan fingerprint density at radius 2 is 1.94 bits per heavy atom. The van der Waals surface area contributed by atoms with Gasteiger partial charge in [0.1, 0.15) is 5.82 Å². The summed E-state index contributed by atoms with van der Waals surface area (Å²) < 4.78 is 13.2. The van der Waals surface area contributed by atoms with Gasteiger partial charge in [0, 0.05) is 5.54 Å². The van der Waals surface area contributed by atoms with Gasteiger partial charge in [-0.25, -0.2) is 4.39 Å². The summed E-state index contributed by atoms with van der Waals surface area (Å²) in [6, 6.07) is 5.42. The highest BCUT2D eigenvalue weighted by Gasteiger charge is 2.11. The summed E-state index contributed by atoms with van der Waals surface area (Å²) in [7, 11) is 0. The molecule has 0 aromatic heterocycles. The molecule has 1 N–H and O–H groups in total. The van der Waals surface area contributed by atoms with Crippen molar-refractivity contribution in [1.29, 1.82) is 0 Å². The van der Waals surface area contributed by atoms with Crippen molar-refractivity contribution in [1.82, 2.24) is 5.32 Å². The van der Waals surface area contributed by atoms with Crippen LogP contribution in [0.2, 0.25) is 0 Å². The first-order chi connectivity index (χ1) is 7.79. The quantitative estimate of drug-likeness (QED) is 0.834. The molecular formula is C15H24FN. The summed E-state index contributed by atoms with van der Waals surface area (Å²) in [5.74, 6) is 0.345. The zero-order valence-electron chi connectivity index (χ0n) is 11.6. The molecule has 1 unspecified atom stereocenters. The van der Waals surface area contributed by atoms with Crippen molar-refractivity contribution < 1.29 is 4.39 Å². The summed E-state index contributed by atoms with van der Waals surface area (Å²) in [5.41, 5.74) is 2.12. The normalized spacial score (nSPS) is 13.8. The number of benzene rings is 1. The average molecular weight is 237 g/mol. The van der Waals surface area contributed by atoms with Crippen LogP contribution in [0.1, 0.15) is 51.2 Å². The van der Waals surface area contributed by atoms with Gasteiger partial charge in [0.05, 0.1) is 0 Å². The molecule has 1 rings (SSSR count). The van der Waals surface area contributed by atoms with Crippen molar-refractivity contribution in [2.45, 2.75) is 52.5 Å². The Labute approximate surface area is 104 Å². The van der Waals surface area contributed by atoms with Crippen LogP contribution in [0.5, 0.6) is 0 Å². The van der Waals surface area contributed by atoms with E-state index in [9.17, 15) is 4.39 Å². The smallest absolute Gasteiger partial charge is 0.126 e. The van der Waals surface area contributed by atoms with E-state index in [1.165, 1.54) is 5.56 Å². The Morgan fingerprint density at radius 3 is 2.47 bits per heavy atom. The molecule has 0 aliphatic rings. The van der Waals surface area contributed by atoms with E-state index in [1.54, 1.807) is 6.07 Å². The molecule has 96 valence electrons. The summed E-state index contributed by atoms with van der Waals surface area (Å²) in [6.07, 6.45) is 1.07. The second-order valence-electron chi connectivity index (χ2n) is 5.88. The maximum absolute atomic E-state index is 13.2. The molecule has 17 heavy (non-hydrogen) atoms. The molecule has 0 radical (unpaired) electrons. The van der Waals surface area contributed by atoms with E-state index >= 15 is 0 Å². The summed E-state index contributed by atoms with van der Waals surface area (Å²) in [6.45, 7) is 11.5. The lowest BCUT2D eigenvalue weighted by Crippen LogP contribution is -2.36. The predicted molar refractivity (Wildman–Crippen MR) is 71.9 cm³/mol. The number of nitrogens with one attached hydrogen (secondary N) is 1. The maximum Gasteiger partial charge on any atom is 0.126 e. The highest BCUT2D eigenvalue weighted by Crippen LogP contribution is 2.21. The van der Waals surface area contributed by atoms with Gasteiger partial charge in [0.2, 0.25) is 0 Å². The minimum absolute atomic E-state index is 0.117. The minimum atomic E-state index is -0.117. The number of hydrogen-bond donors (Lipinski definition) is 1. The van der Waals surface area contributed by atoms with E-state index in [-0.39, 0.29) is 11.4 Å². The van der Waals surface area contributed by atoms with Crippen molar-refractivity contribution >= 4 is 0 Å². The molecule has 0 saturated carbocycles. The van der Waals surface area contributed by atoms with Gasteiger partial charge >= 0.3 is 0 Å². The molecular weight excluding hydrogens is 213 g/mol. The van der Waals surface area contributed by atoms with Crippen molar-refractivity contribution in [2.24, 2.45) is 0 Å². The van der Waals surface area contributed by atoms with E-state index < -0.39 is 0 Å². The number of hydrogen-bond acceptors (Lipinski definition) is 1. The molecule has 1 atom stereocenters. The molecule has 0 bridgehead atoms. The van der Waals surface area contributed by atoms with Crippen molar-refractivity contribution in [3.63, 3.8) is 0 Å². The SMILES string of the molecule is Cc1cc(C(C)CCNC(C)(C)C)ccc1F. The molecule has 2 heteroatoms. The molecule has 0 saturated heterocycles. The van der Waals surface area contributed by atoms with Crippen LogP contribution < -0.4 is 5.32 Å². The number of rotatable bonds is 4. The van der Waals surface area contributed by atoms with Gasteiger partial charge in [-0.3, -0.25) is 0 Å². The first kappa shape index (κ1) is 14.2. The summed E-state index contributed by atoms with van der Waals surface area (Å²) in [4.78, 5) is 0. The van der Waals surface area contributed by atoms with Crippen molar-refractivity contribution in [2.75, 3.05) is 6.54 Å². The van der Waals surface area contributed by atoms with Crippen LogP contribution in [0, 0.1) is 12.7 Å². The Bertz CT molecular complexity index is 366. The Morgan fingerprint density at radius 1 is 1.29 bits per heavy atom. The van der Waals surface area contributed by atoms with Gasteiger partial charge in [-0.15, -0.1) is 0 Å². The average Bonchev–Trinajstić information content (AvgIpc) is 2.20. The third kappa shape index (κ3) is 4.86. The van der Waals surface area contributed by atoms with Crippen molar-refractivity contribution in [3.05, 3.63) is 35.1 Å². The lowest BCUT2D eigenvalue weighted by Gasteiger charge is -2.22. The zero-order valence-corrected chi connectivity index (χ0v) is 11.6. The third-order valence-electron chi connectivity index (χ3n) is 2.98. The minimum Gasteiger partial charge on any atom is -0.312 e. The molecule has 0 fully saturated rings. The van der Waals surface area contributed by atoms with E-state index in [0.717, 1.165) is 18.5 Å². The molecule has 1 aromatic rings. The highest BCUT2D eigenvalue weighted by atomic mass is 19.1. The Hall–Kier alpha value is -0.890. The zero-order chi connectivity index (χ0) is 13.1. The van der Waals surface area contributed by atoms with Crippen LogP contribution in [0.4, 0.5) is 4.39 Å². The molecule has 0 aliphatic heterocycles. The first-order valence-corrected chi connectivity index (χ1v) is 6.30. The van der Waals surface area contributed by atoms with E-state index in [2.05, 4.69) is 33.0 Å². The second kappa shape index (κ2) is 5.63. The van der Waals surface area contributed by atoms with Gasteiger partial charge in [-0.1, -0.05) is 19.1 Å². The Balaban J connectivity index is 2.52. The fourth-order valence-electron chi connectivity index (χ4n) is 1.80. The van der Waals surface area contributed by atoms with Crippen LogP contribution in [0.3, 0.4) is 0 Å². The molecule has 1 aromatic carbocycles. The fraction of sp³-hybridized carbons (Fsp3) is 0.600. The van der Waals surface area contributed by atoms with E-state index in [0.29, 0.717) is 5.92 Å². The molecule has 0 amide bonds. The third-order valence-corrected chi connectivity index (χ3v) is 2.98. The lowest BCUT2D eigenvalue weighted by atomic mass is 9.95. The first-order valence-electron chi connectivity index (χ1n) is 6.30. The maximum atomic E-state index is 13.2. The van der Waals surface area contributed by atoms with Crippen LogP contribution in [0.25, 0.3) is 0 Å². The van der Waals surface area contributed by atoms with Gasteiger partial charge in [0.15, 0.2) is 0 Å². The molecule has 0 spiro atoms. The largest absolute Gasteiger partial charge is 0.312 e. The molecule has 0 aliphatic carbocycles. The van der Waals surface area contributed by atoms with Crippen molar-refractivity contribution in [3.8, 4) is 0 Å². The van der Waals surface area contributed by atoms with Crippen LogP contribution >= 0.6 is 0 Å². The van der Waals surface area contributed by atoms with E-state index in [1.807, 2.05) is 19.1 Å². The topological polar surface area (TPSA) is 12.0 Å². The van der Waals surface area contributed by atoms with Crippen LogP contribution in [-0.2, 0) is 0 Å². The monoisotopic (exact) mass is 237 g/mol. The van der Waals surface area contributed by atoms with Gasteiger partial charge in [-0.2, -0.15) is 0 Å². The lowest BCUT2D eigenvalue weighted by molar-refractivity contribution is 0.413. The number of halogens is 1. The van der Waals surface area contributed by atoms with Gasteiger partial charge in [-0.05, 0) is 63.8 Å². The molecule has 0 heterocycles. The number of aryl methyl sites for hydroxylation is 1. The summed E-state index contributed by atoms with van der Waals surface area (Å²) in [5, 5.41) is 3.47. The van der Waals surface area contributed by atoms with Gasteiger partial charge < -0.3 is 5.32 Å². The second-order valence-corrected chi connectivity index (χ2v) is 5.88.